The number of benzene rings is 2. The van der Waals surface area contributed by atoms with Gasteiger partial charge in [0, 0.05) is 23.7 Å². The zero-order valence-corrected chi connectivity index (χ0v) is 28.5. The number of nitrogens with zero attached hydrogens (tertiary/aromatic N) is 1. The Balaban J connectivity index is 1.41. The van der Waals surface area contributed by atoms with Gasteiger partial charge in [0.2, 0.25) is 15.9 Å². The second kappa shape index (κ2) is 13.8. The molecule has 2 aromatic carbocycles. The molecule has 3 unspecified atom stereocenters. The van der Waals surface area contributed by atoms with Crippen molar-refractivity contribution in [1.82, 2.24) is 14.9 Å². The van der Waals surface area contributed by atoms with E-state index in [0.717, 1.165) is 37.8 Å². The molecule has 2 N–H and O–H groups in total. The van der Waals surface area contributed by atoms with Gasteiger partial charge in [0.15, 0.2) is 6.04 Å². The second-order valence-corrected chi connectivity index (χ2v) is 15.6. The quantitative estimate of drug-likeness (QED) is 0.305. The average Bonchev–Trinajstić information content (AvgIpc) is 3.60. The molecule has 47 heavy (non-hydrogen) atoms. The van der Waals surface area contributed by atoms with Crippen LogP contribution in [0, 0.1) is 0 Å². The SMILES string of the molecule is COc1cc(C(F)(F)C(NS(=O)(=O)c2ccc(OC3CCCC3)cc2)C(=O)N2C3CCC2CC(NC(=O)OC(C)(C)C)C3)ccc1Cl. The van der Waals surface area contributed by atoms with Gasteiger partial charge in [-0.1, -0.05) is 17.7 Å². The van der Waals surface area contributed by atoms with Gasteiger partial charge in [0.05, 0.1) is 23.1 Å². The minimum atomic E-state index is -4.62. The van der Waals surface area contributed by atoms with Crippen LogP contribution in [0.2, 0.25) is 5.02 Å². The van der Waals surface area contributed by atoms with Crippen LogP contribution >= 0.6 is 11.6 Å². The van der Waals surface area contributed by atoms with Gasteiger partial charge in [-0.05, 0) is 109 Å². The first kappa shape index (κ1) is 35.2. The third-order valence-corrected chi connectivity index (χ3v) is 10.6. The lowest BCUT2D eigenvalue weighted by atomic mass is 9.94. The number of rotatable bonds is 10. The van der Waals surface area contributed by atoms with E-state index in [0.29, 0.717) is 31.4 Å². The number of sulfonamides is 1. The molecule has 10 nitrogen and oxygen atoms in total. The van der Waals surface area contributed by atoms with E-state index in [2.05, 4.69) is 10.0 Å². The highest BCUT2D eigenvalue weighted by atomic mass is 35.5. The fourth-order valence-corrected chi connectivity index (χ4v) is 8.09. The van der Waals surface area contributed by atoms with Crippen LogP contribution in [-0.4, -0.2) is 68.3 Å². The predicted octanol–water partition coefficient (Wildman–Crippen LogP) is 6.16. The smallest absolute Gasteiger partial charge is 0.407 e. The monoisotopic (exact) mass is 697 g/mol. The van der Waals surface area contributed by atoms with Crippen LogP contribution in [-0.2, 0) is 25.5 Å². The van der Waals surface area contributed by atoms with Crippen molar-refractivity contribution < 1.29 is 41.0 Å². The number of methoxy groups -OCH3 is 1. The second-order valence-electron chi connectivity index (χ2n) is 13.5. The van der Waals surface area contributed by atoms with Crippen molar-refractivity contribution in [3.63, 3.8) is 0 Å². The molecule has 3 fully saturated rings. The topological polar surface area (TPSA) is 123 Å². The van der Waals surface area contributed by atoms with Crippen LogP contribution in [0.15, 0.2) is 47.4 Å². The number of amides is 2. The Kier molecular flexibility index (Phi) is 10.3. The summed E-state index contributed by atoms with van der Waals surface area (Å²) in [5, 5.41) is 2.91. The summed E-state index contributed by atoms with van der Waals surface area (Å²) in [7, 11) is -3.36. The number of carbonyl (C=O) groups is 2. The van der Waals surface area contributed by atoms with Gasteiger partial charge < -0.3 is 24.4 Å². The molecule has 2 aliphatic heterocycles. The molecule has 2 aromatic rings. The number of piperidine rings is 1. The molecule has 2 saturated heterocycles. The molecule has 14 heteroatoms. The van der Waals surface area contributed by atoms with Crippen molar-refractivity contribution in [3.05, 3.63) is 53.1 Å². The molecule has 258 valence electrons. The molecule has 3 aliphatic rings. The van der Waals surface area contributed by atoms with Crippen LogP contribution in [0.1, 0.15) is 77.7 Å². The minimum Gasteiger partial charge on any atom is -0.495 e. The summed E-state index contributed by atoms with van der Waals surface area (Å²) in [6, 6.07) is 4.94. The number of ether oxygens (including phenoxy) is 3. The Morgan fingerprint density at radius 3 is 2.17 bits per heavy atom. The molecular formula is C33H42ClF2N3O7S. The van der Waals surface area contributed by atoms with Crippen molar-refractivity contribution in [2.45, 2.75) is 119 Å². The maximum Gasteiger partial charge on any atom is 0.407 e. The first-order chi connectivity index (χ1) is 22.1. The number of carbonyl (C=O) groups excluding carboxylic acids is 2. The summed E-state index contributed by atoms with van der Waals surface area (Å²) in [6.45, 7) is 5.23. The summed E-state index contributed by atoms with van der Waals surface area (Å²) in [5.41, 5.74) is -1.35. The lowest BCUT2D eigenvalue weighted by molar-refractivity contribution is -0.149. The number of halogens is 3. The summed E-state index contributed by atoms with van der Waals surface area (Å²) >= 11 is 6.09. The van der Waals surface area contributed by atoms with E-state index >= 15 is 8.78 Å². The van der Waals surface area contributed by atoms with Crippen LogP contribution in [0.5, 0.6) is 11.5 Å². The largest absolute Gasteiger partial charge is 0.495 e. The lowest BCUT2D eigenvalue weighted by Crippen LogP contribution is -2.61. The number of alkyl halides is 2. The van der Waals surface area contributed by atoms with Gasteiger partial charge in [-0.2, -0.15) is 13.5 Å². The first-order valence-electron chi connectivity index (χ1n) is 15.9. The zero-order chi connectivity index (χ0) is 34.1. The number of hydrogen-bond donors (Lipinski definition) is 2. The summed E-state index contributed by atoms with van der Waals surface area (Å²) in [5.74, 6) is -4.65. The highest BCUT2D eigenvalue weighted by molar-refractivity contribution is 7.89. The molecule has 1 aliphatic carbocycles. The van der Waals surface area contributed by atoms with E-state index in [1.54, 1.807) is 20.8 Å². The standard InChI is InChI=1S/C33H42ClF2N3O7S/c1-32(2,3)46-31(41)37-21-18-22-10-11-23(19-21)39(22)30(40)29(33(35,36)20-9-16-27(34)28(17-20)44-4)38-47(42,43)26-14-12-25(13-15-26)45-24-7-5-6-8-24/h9,12-17,21-24,29,38H,5-8,10-11,18-19H2,1-4H3,(H,37,41). The van der Waals surface area contributed by atoms with E-state index in [9.17, 15) is 18.0 Å². The molecule has 5 rings (SSSR count). The van der Waals surface area contributed by atoms with Gasteiger partial charge in [0.25, 0.3) is 5.92 Å². The van der Waals surface area contributed by atoms with E-state index in [4.69, 9.17) is 25.8 Å². The third-order valence-electron chi connectivity index (χ3n) is 8.87. The predicted molar refractivity (Wildman–Crippen MR) is 171 cm³/mol. The summed E-state index contributed by atoms with van der Waals surface area (Å²) < 4.78 is 78.8. The number of alkyl carbamates (subject to hydrolysis) is 1. The maximum atomic E-state index is 16.5. The van der Waals surface area contributed by atoms with E-state index in [1.165, 1.54) is 42.3 Å². The lowest BCUT2D eigenvalue weighted by Gasteiger charge is -2.42. The Morgan fingerprint density at radius 1 is 0.979 bits per heavy atom. The maximum absolute atomic E-state index is 16.5. The molecule has 0 radical (unpaired) electrons. The van der Waals surface area contributed by atoms with E-state index in [1.807, 2.05) is 0 Å². The molecule has 2 heterocycles. The Labute approximate surface area is 279 Å². The Hall–Kier alpha value is -3.16. The minimum absolute atomic E-state index is 0.0477. The molecule has 0 aromatic heterocycles. The highest BCUT2D eigenvalue weighted by Gasteiger charge is 2.54. The molecule has 2 amide bonds. The number of nitrogens with one attached hydrogen (secondary N) is 2. The first-order valence-corrected chi connectivity index (χ1v) is 17.8. The van der Waals surface area contributed by atoms with Crippen LogP contribution < -0.4 is 19.5 Å². The van der Waals surface area contributed by atoms with Crippen molar-refractivity contribution in [2.24, 2.45) is 0 Å². The van der Waals surface area contributed by atoms with Gasteiger partial charge in [-0.25, -0.2) is 13.2 Å². The van der Waals surface area contributed by atoms with Crippen LogP contribution in [0.3, 0.4) is 0 Å². The Bertz CT molecular complexity index is 1550. The van der Waals surface area contributed by atoms with Gasteiger partial charge in [-0.15, -0.1) is 0 Å². The van der Waals surface area contributed by atoms with Crippen molar-refractivity contribution in [2.75, 3.05) is 7.11 Å². The Morgan fingerprint density at radius 2 is 1.60 bits per heavy atom. The van der Waals surface area contributed by atoms with E-state index < -0.39 is 57.2 Å². The highest BCUT2D eigenvalue weighted by Crippen LogP contribution is 2.42. The fourth-order valence-electron chi connectivity index (χ4n) is 6.71. The molecule has 2 bridgehead atoms. The number of fused-ring (bicyclic) bond motifs is 2. The fraction of sp³-hybridized carbons (Fsp3) is 0.576. The van der Waals surface area contributed by atoms with Crippen molar-refractivity contribution in [1.29, 1.82) is 0 Å². The van der Waals surface area contributed by atoms with Crippen molar-refractivity contribution in [3.8, 4) is 11.5 Å². The third kappa shape index (κ3) is 8.11. The van der Waals surface area contributed by atoms with E-state index in [-0.39, 0.29) is 27.8 Å². The average molecular weight is 698 g/mol. The van der Waals surface area contributed by atoms with Gasteiger partial charge >= 0.3 is 6.09 Å². The number of hydrogen-bond acceptors (Lipinski definition) is 7. The normalized spacial score (nSPS) is 22.5. The van der Waals surface area contributed by atoms with Crippen LogP contribution in [0.25, 0.3) is 0 Å². The van der Waals surface area contributed by atoms with Gasteiger partial charge in [0.1, 0.15) is 17.1 Å². The summed E-state index contributed by atoms with van der Waals surface area (Å²) in [4.78, 5) is 27.7. The zero-order valence-electron chi connectivity index (χ0n) is 26.9. The van der Waals surface area contributed by atoms with Crippen molar-refractivity contribution >= 4 is 33.6 Å². The molecule has 0 spiro atoms. The van der Waals surface area contributed by atoms with Gasteiger partial charge in [-0.3, -0.25) is 4.79 Å². The molecule has 3 atom stereocenters. The van der Waals surface area contributed by atoms with Crippen LogP contribution in [0.4, 0.5) is 13.6 Å². The molecular weight excluding hydrogens is 656 g/mol. The molecule has 1 saturated carbocycles. The summed E-state index contributed by atoms with van der Waals surface area (Å²) in [6.07, 6.45) is 5.04.